The topological polar surface area (TPSA) is 44.4 Å². The molecule has 2 rings (SSSR count). The molecule has 1 aromatic heterocycles. The van der Waals surface area contributed by atoms with Gasteiger partial charge in [-0.25, -0.2) is 0 Å². The van der Waals surface area contributed by atoms with Gasteiger partial charge in [-0.05, 0) is 63.3 Å². The van der Waals surface area contributed by atoms with Crippen molar-refractivity contribution in [3.63, 3.8) is 0 Å². The van der Waals surface area contributed by atoms with Crippen molar-refractivity contribution in [1.82, 2.24) is 15.5 Å². The van der Waals surface area contributed by atoms with E-state index in [1.54, 1.807) is 11.3 Å². The molecule has 5 heteroatoms. The Morgan fingerprint density at radius 2 is 2.18 bits per heavy atom. The highest BCUT2D eigenvalue weighted by atomic mass is 32.1. The van der Waals surface area contributed by atoms with Crippen LogP contribution in [0.15, 0.2) is 17.5 Å². The van der Waals surface area contributed by atoms with Crippen molar-refractivity contribution in [2.45, 2.75) is 32.2 Å². The van der Waals surface area contributed by atoms with E-state index in [4.69, 9.17) is 0 Å². The zero-order valence-electron chi connectivity index (χ0n) is 14.0. The molecule has 1 saturated heterocycles. The summed E-state index contributed by atoms with van der Waals surface area (Å²) in [6, 6.07) is 4.47. The number of nitrogens with zero attached hydrogens (tertiary/aromatic N) is 1. The van der Waals surface area contributed by atoms with E-state index >= 15 is 0 Å². The summed E-state index contributed by atoms with van der Waals surface area (Å²) in [6.45, 7) is 5.10. The van der Waals surface area contributed by atoms with Gasteiger partial charge in [-0.2, -0.15) is 0 Å². The molecule has 22 heavy (non-hydrogen) atoms. The third-order valence-electron chi connectivity index (χ3n) is 4.68. The Labute approximate surface area is 138 Å². The number of piperidine rings is 1. The average Bonchev–Trinajstić information content (AvgIpc) is 3.02. The van der Waals surface area contributed by atoms with Crippen LogP contribution in [0.1, 0.15) is 37.1 Å². The van der Waals surface area contributed by atoms with Crippen molar-refractivity contribution in [2.75, 3.05) is 33.7 Å². The first-order valence-electron chi connectivity index (χ1n) is 8.25. The zero-order valence-corrected chi connectivity index (χ0v) is 14.8. The Morgan fingerprint density at radius 1 is 1.45 bits per heavy atom. The van der Waals surface area contributed by atoms with Crippen molar-refractivity contribution in [3.8, 4) is 0 Å². The van der Waals surface area contributed by atoms with E-state index in [1.165, 1.54) is 17.7 Å². The molecule has 2 unspecified atom stereocenters. The molecule has 0 bridgehead atoms. The number of hydrogen-bond donors (Lipinski definition) is 2. The molecule has 1 fully saturated rings. The average molecular weight is 324 g/mol. The smallest absolute Gasteiger partial charge is 0.220 e. The summed E-state index contributed by atoms with van der Waals surface area (Å²) in [5.74, 6) is 1.35. The summed E-state index contributed by atoms with van der Waals surface area (Å²) in [4.78, 5) is 15.7. The number of carbonyl (C=O) groups is 1. The molecule has 124 valence electrons. The largest absolute Gasteiger partial charge is 0.354 e. The lowest BCUT2D eigenvalue weighted by atomic mass is 9.84. The lowest BCUT2D eigenvalue weighted by Gasteiger charge is -2.28. The van der Waals surface area contributed by atoms with Crippen LogP contribution in [-0.4, -0.2) is 44.5 Å². The van der Waals surface area contributed by atoms with Crippen LogP contribution in [0, 0.1) is 11.8 Å². The van der Waals surface area contributed by atoms with E-state index in [1.807, 2.05) is 0 Å². The fourth-order valence-electron chi connectivity index (χ4n) is 3.17. The van der Waals surface area contributed by atoms with Gasteiger partial charge < -0.3 is 15.5 Å². The number of likely N-dealkylation sites (N-methyl/N-ethyl adjacent to an activating group) is 1. The molecule has 0 spiro atoms. The maximum Gasteiger partial charge on any atom is 0.220 e. The highest BCUT2D eigenvalue weighted by molar-refractivity contribution is 7.10. The quantitative estimate of drug-likeness (QED) is 0.810. The molecule has 0 aromatic carbocycles. The summed E-state index contributed by atoms with van der Waals surface area (Å²) >= 11 is 1.75. The second-order valence-corrected chi connectivity index (χ2v) is 7.55. The first kappa shape index (κ1) is 17.4. The van der Waals surface area contributed by atoms with E-state index in [-0.39, 0.29) is 11.9 Å². The van der Waals surface area contributed by atoms with Gasteiger partial charge in [0.1, 0.15) is 0 Å². The van der Waals surface area contributed by atoms with Crippen LogP contribution in [0.3, 0.4) is 0 Å². The molecule has 2 N–H and O–H groups in total. The molecular formula is C17H29N3OS. The predicted molar refractivity (Wildman–Crippen MR) is 93.1 cm³/mol. The first-order chi connectivity index (χ1) is 10.6. The first-order valence-corrected chi connectivity index (χ1v) is 9.13. The SMILES string of the molecule is CC(CC(=O)NCC(c1cccs1)N(C)C)C1CCNCC1. The van der Waals surface area contributed by atoms with Gasteiger partial charge >= 0.3 is 0 Å². The van der Waals surface area contributed by atoms with E-state index in [0.717, 1.165) is 13.1 Å². The fraction of sp³-hybridized carbons (Fsp3) is 0.706. The van der Waals surface area contributed by atoms with Crippen LogP contribution in [0.25, 0.3) is 0 Å². The van der Waals surface area contributed by atoms with Crippen molar-refractivity contribution in [1.29, 1.82) is 0 Å². The molecule has 4 nitrogen and oxygen atoms in total. The molecule has 1 aliphatic rings. The van der Waals surface area contributed by atoms with Gasteiger partial charge in [0.15, 0.2) is 0 Å². The monoisotopic (exact) mass is 323 g/mol. The zero-order chi connectivity index (χ0) is 15.9. The fourth-order valence-corrected chi connectivity index (χ4v) is 4.10. The molecule has 1 amide bonds. The van der Waals surface area contributed by atoms with Gasteiger partial charge in [0, 0.05) is 17.8 Å². The van der Waals surface area contributed by atoms with Crippen LogP contribution >= 0.6 is 11.3 Å². The van der Waals surface area contributed by atoms with Gasteiger partial charge in [-0.15, -0.1) is 11.3 Å². The number of thiophene rings is 1. The molecule has 1 aromatic rings. The van der Waals surface area contributed by atoms with E-state index in [2.05, 4.69) is 54.1 Å². The van der Waals surface area contributed by atoms with E-state index in [9.17, 15) is 4.79 Å². The minimum Gasteiger partial charge on any atom is -0.354 e. The van der Waals surface area contributed by atoms with Gasteiger partial charge in [0.25, 0.3) is 0 Å². The molecule has 2 heterocycles. The third kappa shape index (κ3) is 5.07. The Hall–Kier alpha value is -0.910. The minimum atomic E-state index is 0.189. The lowest BCUT2D eigenvalue weighted by Crippen LogP contribution is -2.36. The van der Waals surface area contributed by atoms with Crippen molar-refractivity contribution >= 4 is 17.2 Å². The molecular weight excluding hydrogens is 294 g/mol. The van der Waals surface area contributed by atoms with Crippen LogP contribution in [0.4, 0.5) is 0 Å². The molecule has 0 aliphatic carbocycles. The van der Waals surface area contributed by atoms with Crippen molar-refractivity contribution in [2.24, 2.45) is 11.8 Å². The highest BCUT2D eigenvalue weighted by Gasteiger charge is 2.23. The molecule has 2 atom stereocenters. The Morgan fingerprint density at radius 3 is 2.77 bits per heavy atom. The standard InChI is InChI=1S/C17H29N3OS/c1-13(14-6-8-18-9-7-14)11-17(21)19-12-15(20(2)3)16-5-4-10-22-16/h4-5,10,13-15,18H,6-9,11-12H2,1-3H3,(H,19,21). The van der Waals surface area contributed by atoms with Gasteiger partial charge in [0.05, 0.1) is 6.04 Å². The number of nitrogens with one attached hydrogen (secondary N) is 2. The van der Waals surface area contributed by atoms with Crippen LogP contribution in [0.2, 0.25) is 0 Å². The normalized spacial score (nSPS) is 19.1. The Bertz CT molecular complexity index is 441. The number of amides is 1. The van der Waals surface area contributed by atoms with Crippen LogP contribution < -0.4 is 10.6 Å². The van der Waals surface area contributed by atoms with Crippen LogP contribution in [-0.2, 0) is 4.79 Å². The van der Waals surface area contributed by atoms with Gasteiger partial charge in [-0.3, -0.25) is 4.79 Å². The van der Waals surface area contributed by atoms with E-state index in [0.29, 0.717) is 24.8 Å². The van der Waals surface area contributed by atoms with E-state index < -0.39 is 0 Å². The summed E-state index contributed by atoms with van der Waals surface area (Å²) < 4.78 is 0. The minimum absolute atomic E-state index is 0.189. The van der Waals surface area contributed by atoms with Crippen molar-refractivity contribution < 1.29 is 4.79 Å². The van der Waals surface area contributed by atoms with Crippen LogP contribution in [0.5, 0.6) is 0 Å². The number of hydrogen-bond acceptors (Lipinski definition) is 4. The maximum absolute atomic E-state index is 12.3. The second-order valence-electron chi connectivity index (χ2n) is 6.57. The molecule has 0 saturated carbocycles. The summed E-state index contributed by atoms with van der Waals surface area (Å²) in [5, 5.41) is 8.61. The number of rotatable bonds is 7. The third-order valence-corrected chi connectivity index (χ3v) is 5.66. The maximum atomic E-state index is 12.3. The Balaban J connectivity index is 1.78. The number of carbonyl (C=O) groups excluding carboxylic acids is 1. The Kier molecular flexibility index (Phi) is 6.86. The lowest BCUT2D eigenvalue weighted by molar-refractivity contribution is -0.122. The molecule has 0 radical (unpaired) electrons. The second kappa shape index (κ2) is 8.65. The molecule has 1 aliphatic heterocycles. The van der Waals surface area contributed by atoms with Gasteiger partial charge in [0.2, 0.25) is 5.91 Å². The summed E-state index contributed by atoms with van der Waals surface area (Å²) in [7, 11) is 4.13. The summed E-state index contributed by atoms with van der Waals surface area (Å²) in [5.41, 5.74) is 0. The summed E-state index contributed by atoms with van der Waals surface area (Å²) in [6.07, 6.45) is 3.04. The predicted octanol–water partition coefficient (Wildman–Crippen LogP) is 2.49. The van der Waals surface area contributed by atoms with Crippen molar-refractivity contribution in [3.05, 3.63) is 22.4 Å². The highest BCUT2D eigenvalue weighted by Crippen LogP contribution is 2.25. The van der Waals surface area contributed by atoms with Gasteiger partial charge in [-0.1, -0.05) is 13.0 Å².